The van der Waals surface area contributed by atoms with Gasteiger partial charge in [0, 0.05) is 58.5 Å². The number of benzene rings is 1. The van der Waals surface area contributed by atoms with E-state index in [1.807, 2.05) is 14.1 Å². The average molecular weight is 427 g/mol. The number of hydrogen-bond acceptors (Lipinski definition) is 3. The van der Waals surface area contributed by atoms with E-state index in [0.29, 0.717) is 0 Å². The second-order valence-corrected chi connectivity index (χ2v) is 8.39. The van der Waals surface area contributed by atoms with Gasteiger partial charge in [-0.1, -0.05) is 18.2 Å². The first-order valence-electron chi connectivity index (χ1n) is 11.6. The number of rotatable bonds is 10. The molecule has 1 aliphatic rings. The van der Waals surface area contributed by atoms with E-state index in [9.17, 15) is 4.79 Å². The van der Waals surface area contributed by atoms with Crippen molar-refractivity contribution >= 4 is 22.8 Å². The van der Waals surface area contributed by atoms with Gasteiger partial charge < -0.3 is 20.1 Å². The predicted octanol–water partition coefficient (Wildman–Crippen LogP) is 2.53. The maximum absolute atomic E-state index is 12.3. The van der Waals surface area contributed by atoms with Crippen LogP contribution in [0.15, 0.2) is 41.5 Å². The number of aliphatic imine (C=N–C) groups is 1. The van der Waals surface area contributed by atoms with E-state index in [0.717, 1.165) is 70.9 Å². The molecule has 31 heavy (non-hydrogen) atoms. The third-order valence-electron chi connectivity index (χ3n) is 5.86. The van der Waals surface area contributed by atoms with Gasteiger partial charge in [0.25, 0.3) is 0 Å². The molecule has 0 spiro atoms. The predicted molar refractivity (Wildman–Crippen MR) is 128 cm³/mol. The molecule has 1 aromatic carbocycles. The van der Waals surface area contributed by atoms with Crippen molar-refractivity contribution in [1.82, 2.24) is 25.0 Å². The number of hydrogen-bond donors (Lipinski definition) is 2. The highest BCUT2D eigenvalue weighted by atomic mass is 16.2. The summed E-state index contributed by atoms with van der Waals surface area (Å²) in [5.41, 5.74) is 1.28. The quantitative estimate of drug-likeness (QED) is 0.348. The van der Waals surface area contributed by atoms with Gasteiger partial charge in [0.2, 0.25) is 5.91 Å². The number of nitrogens with one attached hydrogen (secondary N) is 2. The number of likely N-dealkylation sites (tertiary alicyclic amines) is 1. The number of carbonyl (C=O) groups excluding carboxylic acids is 1. The fraction of sp³-hybridized carbons (Fsp3) is 0.583. The minimum absolute atomic E-state index is 0.0571. The molecule has 7 nitrogen and oxygen atoms in total. The largest absolute Gasteiger partial charge is 0.357 e. The van der Waals surface area contributed by atoms with Gasteiger partial charge >= 0.3 is 0 Å². The lowest BCUT2D eigenvalue weighted by Crippen LogP contribution is -2.44. The first-order chi connectivity index (χ1) is 15.1. The number of fused-ring (bicyclic) bond motifs is 1. The molecule has 1 unspecified atom stereocenters. The van der Waals surface area contributed by atoms with Crippen LogP contribution in [0, 0.1) is 0 Å². The second kappa shape index (κ2) is 11.7. The summed E-state index contributed by atoms with van der Waals surface area (Å²) in [6.45, 7) is 7.50. The zero-order chi connectivity index (χ0) is 22.1. The van der Waals surface area contributed by atoms with Crippen molar-refractivity contribution in [3.63, 3.8) is 0 Å². The Morgan fingerprint density at radius 3 is 2.81 bits per heavy atom. The molecule has 3 rings (SSSR count). The molecule has 1 atom stereocenters. The SMILES string of the molecule is CCNC(=NCCCn1ccc2ccccc21)NCCCN1CCCC1C(=O)N(C)C. The van der Waals surface area contributed by atoms with E-state index < -0.39 is 0 Å². The third kappa shape index (κ3) is 6.47. The highest BCUT2D eigenvalue weighted by Crippen LogP contribution is 2.18. The molecule has 0 bridgehead atoms. The smallest absolute Gasteiger partial charge is 0.239 e. The fourth-order valence-electron chi connectivity index (χ4n) is 4.27. The summed E-state index contributed by atoms with van der Waals surface area (Å²) < 4.78 is 2.30. The molecule has 1 aliphatic heterocycles. The summed E-state index contributed by atoms with van der Waals surface area (Å²) in [5.74, 6) is 1.11. The maximum atomic E-state index is 12.3. The Morgan fingerprint density at radius 2 is 2.00 bits per heavy atom. The van der Waals surface area contributed by atoms with Crippen LogP contribution in [0.5, 0.6) is 0 Å². The highest BCUT2D eigenvalue weighted by Gasteiger charge is 2.30. The van der Waals surface area contributed by atoms with Crippen molar-refractivity contribution in [2.45, 2.75) is 45.2 Å². The molecule has 2 heterocycles. The van der Waals surface area contributed by atoms with Crippen molar-refractivity contribution in [2.24, 2.45) is 4.99 Å². The van der Waals surface area contributed by atoms with Gasteiger partial charge in [-0.2, -0.15) is 0 Å². The molecule has 1 amide bonds. The van der Waals surface area contributed by atoms with Crippen molar-refractivity contribution in [2.75, 3.05) is 46.8 Å². The second-order valence-electron chi connectivity index (χ2n) is 8.39. The van der Waals surface area contributed by atoms with Crippen LogP contribution in [0.4, 0.5) is 0 Å². The van der Waals surface area contributed by atoms with Crippen LogP contribution >= 0.6 is 0 Å². The number of carbonyl (C=O) groups is 1. The van der Waals surface area contributed by atoms with Crippen molar-refractivity contribution in [1.29, 1.82) is 0 Å². The van der Waals surface area contributed by atoms with E-state index in [1.165, 1.54) is 10.9 Å². The molecular weight excluding hydrogens is 388 g/mol. The number of amides is 1. The highest BCUT2D eigenvalue weighted by molar-refractivity contribution is 5.82. The van der Waals surface area contributed by atoms with Crippen LogP contribution in [0.1, 0.15) is 32.6 Å². The molecule has 2 N–H and O–H groups in total. The molecule has 0 aliphatic carbocycles. The summed E-state index contributed by atoms with van der Waals surface area (Å²) in [5, 5.41) is 8.06. The van der Waals surface area contributed by atoms with E-state index in [1.54, 1.807) is 4.90 Å². The molecule has 0 saturated carbocycles. The van der Waals surface area contributed by atoms with Crippen molar-refractivity contribution < 1.29 is 4.79 Å². The summed E-state index contributed by atoms with van der Waals surface area (Å²) in [4.78, 5) is 21.1. The Balaban J connectivity index is 1.40. The van der Waals surface area contributed by atoms with E-state index in [2.05, 4.69) is 63.6 Å². The Kier molecular flexibility index (Phi) is 8.76. The van der Waals surface area contributed by atoms with Gasteiger partial charge in [0.05, 0.1) is 6.04 Å². The van der Waals surface area contributed by atoms with Gasteiger partial charge in [-0.3, -0.25) is 14.7 Å². The Hall–Kier alpha value is -2.54. The molecule has 1 aromatic heterocycles. The molecule has 7 heteroatoms. The third-order valence-corrected chi connectivity index (χ3v) is 5.86. The van der Waals surface area contributed by atoms with Gasteiger partial charge in [-0.25, -0.2) is 0 Å². The van der Waals surface area contributed by atoms with Crippen LogP contribution < -0.4 is 10.6 Å². The van der Waals surface area contributed by atoms with Gasteiger partial charge in [-0.15, -0.1) is 0 Å². The molecule has 0 radical (unpaired) electrons. The Labute approximate surface area is 186 Å². The molecule has 1 saturated heterocycles. The van der Waals surface area contributed by atoms with Crippen LogP contribution in [-0.2, 0) is 11.3 Å². The maximum Gasteiger partial charge on any atom is 0.239 e. The summed E-state index contributed by atoms with van der Waals surface area (Å²) >= 11 is 0. The first kappa shape index (κ1) is 23.1. The lowest BCUT2D eigenvalue weighted by Gasteiger charge is -2.26. The van der Waals surface area contributed by atoms with E-state index >= 15 is 0 Å². The fourth-order valence-corrected chi connectivity index (χ4v) is 4.27. The zero-order valence-corrected chi connectivity index (χ0v) is 19.3. The van der Waals surface area contributed by atoms with Gasteiger partial charge in [-0.05, 0) is 56.7 Å². The summed E-state index contributed by atoms with van der Waals surface area (Å²) in [6.07, 6.45) is 6.24. The molecular formula is C24H38N6O. The molecule has 1 fully saturated rings. The number of nitrogens with zero attached hydrogens (tertiary/aromatic N) is 4. The number of aryl methyl sites for hydroxylation is 1. The van der Waals surface area contributed by atoms with Crippen molar-refractivity contribution in [3.05, 3.63) is 36.5 Å². The van der Waals surface area contributed by atoms with E-state index in [-0.39, 0.29) is 11.9 Å². The van der Waals surface area contributed by atoms with Gasteiger partial charge in [0.15, 0.2) is 5.96 Å². The van der Waals surface area contributed by atoms with Crippen LogP contribution in [-0.4, -0.2) is 79.1 Å². The Morgan fingerprint density at radius 1 is 1.16 bits per heavy atom. The van der Waals surface area contributed by atoms with E-state index in [4.69, 9.17) is 4.99 Å². The van der Waals surface area contributed by atoms with Gasteiger partial charge in [0.1, 0.15) is 0 Å². The number of guanidine groups is 1. The first-order valence-corrected chi connectivity index (χ1v) is 11.6. The topological polar surface area (TPSA) is 64.9 Å². The number of para-hydroxylation sites is 1. The minimum Gasteiger partial charge on any atom is -0.357 e. The zero-order valence-electron chi connectivity index (χ0n) is 19.3. The van der Waals surface area contributed by atoms with Crippen LogP contribution in [0.2, 0.25) is 0 Å². The monoisotopic (exact) mass is 426 g/mol. The normalized spacial score (nSPS) is 17.3. The number of likely N-dealkylation sites (N-methyl/N-ethyl adjacent to an activating group) is 1. The lowest BCUT2D eigenvalue weighted by molar-refractivity contribution is -0.133. The molecule has 170 valence electrons. The van der Waals surface area contributed by atoms with Crippen molar-refractivity contribution in [3.8, 4) is 0 Å². The lowest BCUT2D eigenvalue weighted by atomic mass is 10.2. The average Bonchev–Trinajstić information content (AvgIpc) is 3.40. The van der Waals surface area contributed by atoms with Crippen LogP contribution in [0.25, 0.3) is 10.9 Å². The minimum atomic E-state index is 0.0571. The van der Waals surface area contributed by atoms with Crippen LogP contribution in [0.3, 0.4) is 0 Å². The summed E-state index contributed by atoms with van der Waals surface area (Å²) in [7, 11) is 3.69. The number of aromatic nitrogens is 1. The standard InChI is InChI=1S/C24H38N6O/c1-4-25-24(26-14-8-17-29-16-7-12-22(29)23(31)28(2)3)27-15-9-18-30-19-13-20-10-5-6-11-21(20)30/h5-6,10-11,13,19,22H,4,7-9,12,14-18H2,1-3H3,(H2,25,26,27). The Bertz CT molecular complexity index is 859. The molecule has 2 aromatic rings. The summed E-state index contributed by atoms with van der Waals surface area (Å²) in [6, 6.07) is 10.7.